The average molecular weight is 277 g/mol. The molecule has 4 nitrogen and oxygen atoms in total. The number of sulfonamides is 1. The van der Waals surface area contributed by atoms with E-state index >= 15 is 0 Å². The SMILES string of the molecule is CC(C)CC(C)(O)CNS(=O)(=O)CCC1CCC1. The Bertz CT molecular complexity index is 345. The highest BCUT2D eigenvalue weighted by atomic mass is 32.2. The van der Waals surface area contributed by atoms with Gasteiger partial charge in [0.05, 0.1) is 11.4 Å². The Labute approximate surface area is 111 Å². The Balaban J connectivity index is 2.30. The summed E-state index contributed by atoms with van der Waals surface area (Å²) in [6, 6.07) is 0. The summed E-state index contributed by atoms with van der Waals surface area (Å²) in [6.45, 7) is 5.82. The lowest BCUT2D eigenvalue weighted by Crippen LogP contribution is -2.42. The lowest BCUT2D eigenvalue weighted by atomic mass is 9.84. The van der Waals surface area contributed by atoms with Gasteiger partial charge in [0.25, 0.3) is 0 Å². The molecule has 0 aliphatic heterocycles. The molecule has 0 radical (unpaired) electrons. The average Bonchev–Trinajstić information content (AvgIpc) is 2.10. The van der Waals surface area contributed by atoms with Crippen LogP contribution in [0.15, 0.2) is 0 Å². The summed E-state index contributed by atoms with van der Waals surface area (Å²) in [5.41, 5.74) is -0.961. The van der Waals surface area contributed by atoms with E-state index in [2.05, 4.69) is 4.72 Å². The van der Waals surface area contributed by atoms with E-state index in [9.17, 15) is 13.5 Å². The number of rotatable bonds is 8. The second-order valence-corrected chi connectivity index (χ2v) is 8.25. The molecule has 1 fully saturated rings. The molecule has 1 rings (SSSR count). The minimum absolute atomic E-state index is 0.109. The van der Waals surface area contributed by atoms with Crippen molar-refractivity contribution < 1.29 is 13.5 Å². The van der Waals surface area contributed by atoms with Crippen molar-refractivity contribution in [1.82, 2.24) is 4.72 Å². The normalized spacial score (nSPS) is 20.7. The molecule has 18 heavy (non-hydrogen) atoms. The van der Waals surface area contributed by atoms with Crippen LogP contribution in [0.1, 0.15) is 52.9 Å². The van der Waals surface area contributed by atoms with Crippen LogP contribution in [0, 0.1) is 11.8 Å². The zero-order valence-corrected chi connectivity index (χ0v) is 12.6. The molecule has 0 amide bonds. The number of nitrogens with one attached hydrogen (secondary N) is 1. The minimum Gasteiger partial charge on any atom is -0.389 e. The molecule has 108 valence electrons. The molecular weight excluding hydrogens is 250 g/mol. The smallest absolute Gasteiger partial charge is 0.211 e. The van der Waals surface area contributed by atoms with E-state index in [4.69, 9.17) is 0 Å². The quantitative estimate of drug-likeness (QED) is 0.712. The zero-order chi connectivity index (χ0) is 13.8. The molecule has 0 aromatic heterocycles. The lowest BCUT2D eigenvalue weighted by molar-refractivity contribution is 0.0436. The summed E-state index contributed by atoms with van der Waals surface area (Å²) in [7, 11) is -3.23. The van der Waals surface area contributed by atoms with Gasteiger partial charge in [0.1, 0.15) is 0 Å². The second-order valence-electron chi connectivity index (χ2n) is 6.32. The first-order valence-corrected chi connectivity index (χ1v) is 8.55. The molecule has 0 aromatic carbocycles. The Morgan fingerprint density at radius 1 is 1.39 bits per heavy atom. The Hall–Kier alpha value is -0.130. The molecule has 1 unspecified atom stereocenters. The van der Waals surface area contributed by atoms with Gasteiger partial charge in [0.2, 0.25) is 10.0 Å². The predicted molar refractivity (Wildman–Crippen MR) is 73.8 cm³/mol. The van der Waals surface area contributed by atoms with Gasteiger partial charge in [-0.25, -0.2) is 13.1 Å². The molecule has 0 bridgehead atoms. The summed E-state index contributed by atoms with van der Waals surface area (Å²) in [4.78, 5) is 0. The monoisotopic (exact) mass is 277 g/mol. The number of hydrogen-bond donors (Lipinski definition) is 2. The maximum absolute atomic E-state index is 11.8. The van der Waals surface area contributed by atoms with Crippen LogP contribution in [0.2, 0.25) is 0 Å². The van der Waals surface area contributed by atoms with Crippen LogP contribution < -0.4 is 4.72 Å². The highest BCUT2D eigenvalue weighted by Crippen LogP contribution is 2.29. The zero-order valence-electron chi connectivity index (χ0n) is 11.8. The molecule has 1 aliphatic rings. The second kappa shape index (κ2) is 6.35. The van der Waals surface area contributed by atoms with E-state index in [1.165, 1.54) is 19.3 Å². The molecule has 0 aromatic rings. The van der Waals surface area contributed by atoms with E-state index in [0.717, 1.165) is 6.42 Å². The van der Waals surface area contributed by atoms with Gasteiger partial charge in [0, 0.05) is 6.54 Å². The van der Waals surface area contributed by atoms with Crippen molar-refractivity contribution in [3.63, 3.8) is 0 Å². The first-order chi connectivity index (χ1) is 8.20. The molecule has 1 atom stereocenters. The van der Waals surface area contributed by atoms with Crippen molar-refractivity contribution in [3.8, 4) is 0 Å². The third-order valence-corrected chi connectivity index (χ3v) is 4.90. The maximum Gasteiger partial charge on any atom is 0.211 e. The fraction of sp³-hybridized carbons (Fsp3) is 1.00. The molecular formula is C13H27NO3S. The van der Waals surface area contributed by atoms with Crippen LogP contribution in [0.5, 0.6) is 0 Å². The summed E-state index contributed by atoms with van der Waals surface area (Å²) in [5, 5.41) is 10.1. The van der Waals surface area contributed by atoms with Crippen molar-refractivity contribution in [2.24, 2.45) is 11.8 Å². The molecule has 2 N–H and O–H groups in total. The third-order valence-electron chi connectivity index (χ3n) is 3.54. The highest BCUT2D eigenvalue weighted by molar-refractivity contribution is 7.89. The predicted octanol–water partition coefficient (Wildman–Crippen LogP) is 1.89. The Kier molecular flexibility index (Phi) is 5.62. The van der Waals surface area contributed by atoms with Gasteiger partial charge in [-0.1, -0.05) is 33.1 Å². The molecule has 0 saturated heterocycles. The van der Waals surface area contributed by atoms with Gasteiger partial charge in [-0.3, -0.25) is 0 Å². The number of aliphatic hydroxyl groups is 1. The fourth-order valence-corrected chi connectivity index (χ4v) is 3.71. The van der Waals surface area contributed by atoms with Crippen molar-refractivity contribution in [3.05, 3.63) is 0 Å². The van der Waals surface area contributed by atoms with Crippen molar-refractivity contribution in [2.75, 3.05) is 12.3 Å². The standard InChI is InChI=1S/C13H27NO3S/c1-11(2)9-13(3,15)10-14-18(16,17)8-7-12-5-4-6-12/h11-12,14-15H,4-10H2,1-3H3. The summed E-state index contributed by atoms with van der Waals surface area (Å²) >= 11 is 0. The maximum atomic E-state index is 11.8. The first kappa shape index (κ1) is 15.9. The molecule has 0 spiro atoms. The van der Waals surface area contributed by atoms with Crippen LogP contribution in [-0.2, 0) is 10.0 Å². The molecule has 5 heteroatoms. The largest absolute Gasteiger partial charge is 0.389 e. The molecule has 1 aliphatic carbocycles. The van der Waals surface area contributed by atoms with Crippen LogP contribution in [0.3, 0.4) is 0 Å². The highest BCUT2D eigenvalue weighted by Gasteiger charge is 2.25. The van der Waals surface area contributed by atoms with Gasteiger partial charge < -0.3 is 5.11 Å². The van der Waals surface area contributed by atoms with Crippen LogP contribution in [-0.4, -0.2) is 31.4 Å². The van der Waals surface area contributed by atoms with Gasteiger partial charge in [0.15, 0.2) is 0 Å². The summed E-state index contributed by atoms with van der Waals surface area (Å²) in [5.74, 6) is 1.13. The van der Waals surface area contributed by atoms with E-state index in [1.54, 1.807) is 6.92 Å². The van der Waals surface area contributed by atoms with Crippen molar-refractivity contribution in [1.29, 1.82) is 0 Å². The lowest BCUT2D eigenvalue weighted by Gasteiger charge is -2.27. The van der Waals surface area contributed by atoms with Gasteiger partial charge in [-0.05, 0) is 31.6 Å². The van der Waals surface area contributed by atoms with Gasteiger partial charge in [-0.15, -0.1) is 0 Å². The summed E-state index contributed by atoms with van der Waals surface area (Å²) < 4.78 is 26.1. The fourth-order valence-electron chi connectivity index (χ4n) is 2.39. The topological polar surface area (TPSA) is 66.4 Å². The molecule has 1 saturated carbocycles. The first-order valence-electron chi connectivity index (χ1n) is 6.90. The van der Waals surface area contributed by atoms with E-state index < -0.39 is 15.6 Å². The van der Waals surface area contributed by atoms with E-state index in [0.29, 0.717) is 18.3 Å². The number of hydrogen-bond acceptors (Lipinski definition) is 3. The third kappa shape index (κ3) is 6.16. The van der Waals surface area contributed by atoms with Crippen LogP contribution in [0.25, 0.3) is 0 Å². The van der Waals surface area contributed by atoms with Gasteiger partial charge >= 0.3 is 0 Å². The minimum atomic E-state index is -3.23. The van der Waals surface area contributed by atoms with Crippen molar-refractivity contribution in [2.45, 2.75) is 58.5 Å². The van der Waals surface area contributed by atoms with Crippen LogP contribution >= 0.6 is 0 Å². The van der Waals surface area contributed by atoms with Crippen LogP contribution in [0.4, 0.5) is 0 Å². The van der Waals surface area contributed by atoms with E-state index in [1.807, 2.05) is 13.8 Å². The molecule has 0 heterocycles. The van der Waals surface area contributed by atoms with Crippen molar-refractivity contribution >= 4 is 10.0 Å². The summed E-state index contributed by atoms with van der Waals surface area (Å²) in [6.07, 6.45) is 4.92. The Morgan fingerprint density at radius 3 is 2.44 bits per heavy atom. The van der Waals surface area contributed by atoms with Gasteiger partial charge in [-0.2, -0.15) is 0 Å². The Morgan fingerprint density at radius 2 is 2.00 bits per heavy atom. The van der Waals surface area contributed by atoms with E-state index in [-0.39, 0.29) is 12.3 Å².